The SMILES string of the molecule is Cc1[nH][n+](-c2ccccc2)c(Oc2ccc(F)cc2)c1/C=N/N=C(N)N. The first kappa shape index (κ1) is 17.2. The number of benzene rings is 2. The molecule has 0 amide bonds. The zero-order valence-corrected chi connectivity index (χ0v) is 14.1. The first-order valence-corrected chi connectivity index (χ1v) is 7.80. The Kier molecular flexibility index (Phi) is 4.93. The average Bonchev–Trinajstić information content (AvgIpc) is 2.93. The predicted octanol–water partition coefficient (Wildman–Crippen LogP) is 2.14. The van der Waals surface area contributed by atoms with Crippen LogP contribution in [0.5, 0.6) is 11.6 Å². The lowest BCUT2D eigenvalue weighted by atomic mass is 10.2. The molecule has 8 heteroatoms. The molecule has 0 spiro atoms. The van der Waals surface area contributed by atoms with Crippen LogP contribution in [-0.2, 0) is 0 Å². The van der Waals surface area contributed by atoms with Crippen LogP contribution in [0.25, 0.3) is 5.69 Å². The maximum Gasteiger partial charge on any atom is 0.414 e. The number of aryl methyl sites for hydroxylation is 1. The highest BCUT2D eigenvalue weighted by atomic mass is 19.1. The van der Waals surface area contributed by atoms with E-state index in [2.05, 4.69) is 15.3 Å². The van der Waals surface area contributed by atoms with Gasteiger partial charge in [0.25, 0.3) is 0 Å². The number of nitrogens with one attached hydrogen (secondary N) is 1. The number of ether oxygens (including phenoxy) is 1. The lowest BCUT2D eigenvalue weighted by Crippen LogP contribution is -2.34. The molecule has 2 aromatic carbocycles. The van der Waals surface area contributed by atoms with Gasteiger partial charge in [-0.15, -0.1) is 5.10 Å². The summed E-state index contributed by atoms with van der Waals surface area (Å²) in [6.45, 7) is 1.87. The van der Waals surface area contributed by atoms with Crippen molar-refractivity contribution in [3.63, 3.8) is 0 Å². The van der Waals surface area contributed by atoms with E-state index in [9.17, 15) is 4.39 Å². The Bertz CT molecular complexity index is 944. The van der Waals surface area contributed by atoms with Gasteiger partial charge in [-0.05, 0) is 35.9 Å². The van der Waals surface area contributed by atoms with Crippen LogP contribution >= 0.6 is 0 Å². The summed E-state index contributed by atoms with van der Waals surface area (Å²) in [5, 5.41) is 10.7. The van der Waals surface area contributed by atoms with Crippen molar-refractivity contribution < 1.29 is 13.8 Å². The third-order valence-electron chi connectivity index (χ3n) is 3.52. The second-order valence-corrected chi connectivity index (χ2v) is 5.45. The van der Waals surface area contributed by atoms with Gasteiger partial charge in [-0.2, -0.15) is 10.2 Å². The fourth-order valence-corrected chi connectivity index (χ4v) is 2.34. The second kappa shape index (κ2) is 7.47. The van der Waals surface area contributed by atoms with Crippen LogP contribution in [0.15, 0.2) is 64.8 Å². The normalized spacial score (nSPS) is 10.8. The molecule has 0 aliphatic carbocycles. The zero-order chi connectivity index (χ0) is 18.5. The first-order chi connectivity index (χ1) is 12.5. The van der Waals surface area contributed by atoms with Crippen LogP contribution in [0.4, 0.5) is 4.39 Å². The molecular weight excluding hydrogens is 335 g/mol. The van der Waals surface area contributed by atoms with E-state index in [0.717, 1.165) is 11.4 Å². The van der Waals surface area contributed by atoms with Gasteiger partial charge >= 0.3 is 5.88 Å². The Hall–Kier alpha value is -3.68. The highest BCUT2D eigenvalue weighted by molar-refractivity contribution is 5.84. The van der Waals surface area contributed by atoms with E-state index in [1.165, 1.54) is 18.3 Å². The van der Waals surface area contributed by atoms with Crippen LogP contribution in [0.1, 0.15) is 11.3 Å². The lowest BCUT2D eigenvalue weighted by Gasteiger charge is -2.02. The Morgan fingerprint density at radius 3 is 2.46 bits per heavy atom. The van der Waals surface area contributed by atoms with Gasteiger partial charge in [-0.25, -0.2) is 4.39 Å². The number of halogens is 1. The number of hydrogen-bond donors (Lipinski definition) is 3. The summed E-state index contributed by atoms with van der Waals surface area (Å²) in [6, 6.07) is 15.3. The molecule has 3 aromatic rings. The highest BCUT2D eigenvalue weighted by Gasteiger charge is 2.26. The summed E-state index contributed by atoms with van der Waals surface area (Å²) >= 11 is 0. The quantitative estimate of drug-likeness (QED) is 0.283. The molecule has 7 nitrogen and oxygen atoms in total. The molecule has 0 unspecified atom stereocenters. The largest absolute Gasteiger partial charge is 0.414 e. The maximum absolute atomic E-state index is 13.2. The molecule has 0 bridgehead atoms. The molecule has 0 saturated heterocycles. The van der Waals surface area contributed by atoms with Gasteiger partial charge in [0.2, 0.25) is 11.6 Å². The summed E-state index contributed by atoms with van der Waals surface area (Å²) in [7, 11) is 0. The molecule has 0 fully saturated rings. The summed E-state index contributed by atoms with van der Waals surface area (Å²) in [5.74, 6) is 0.459. The molecule has 5 N–H and O–H groups in total. The number of nitrogens with zero attached hydrogens (tertiary/aromatic N) is 3. The minimum Gasteiger partial charge on any atom is -0.403 e. The molecule has 0 aliphatic rings. The van der Waals surface area contributed by atoms with Crippen molar-refractivity contribution in [2.45, 2.75) is 6.92 Å². The van der Waals surface area contributed by atoms with E-state index in [1.54, 1.807) is 16.8 Å². The topological polar surface area (TPSA) is 106 Å². The smallest absolute Gasteiger partial charge is 0.403 e. The Morgan fingerprint density at radius 1 is 1.12 bits per heavy atom. The minimum absolute atomic E-state index is 0.147. The van der Waals surface area contributed by atoms with Gasteiger partial charge in [0.15, 0.2) is 0 Å². The number of nitrogens with two attached hydrogens (primary N) is 2. The molecule has 1 heterocycles. The zero-order valence-electron chi connectivity index (χ0n) is 14.1. The lowest BCUT2D eigenvalue weighted by molar-refractivity contribution is -0.660. The molecule has 3 rings (SSSR count). The fourth-order valence-electron chi connectivity index (χ4n) is 2.34. The molecule has 26 heavy (non-hydrogen) atoms. The molecule has 0 saturated carbocycles. The standard InChI is InChI=1S/C18H17FN6O/c1-12-16(11-22-23-18(20)21)17(26-15-9-7-13(19)8-10-15)25(24-12)14-5-3-2-4-6-14/h2-11H,1H3,(H4,20,21,23)/p+1/b22-11+. The van der Waals surface area contributed by atoms with Crippen molar-refractivity contribution in [1.82, 2.24) is 5.10 Å². The number of aromatic nitrogens is 2. The van der Waals surface area contributed by atoms with Crippen LogP contribution in [-0.4, -0.2) is 17.3 Å². The van der Waals surface area contributed by atoms with Crippen molar-refractivity contribution >= 4 is 12.2 Å². The Morgan fingerprint density at radius 2 is 1.81 bits per heavy atom. The fraction of sp³-hybridized carbons (Fsp3) is 0.0556. The van der Waals surface area contributed by atoms with Crippen molar-refractivity contribution in [3.05, 3.63) is 71.7 Å². The van der Waals surface area contributed by atoms with E-state index >= 15 is 0 Å². The maximum atomic E-state index is 13.2. The summed E-state index contributed by atoms with van der Waals surface area (Å²) in [6.07, 6.45) is 1.49. The predicted molar refractivity (Wildman–Crippen MR) is 96.9 cm³/mol. The minimum atomic E-state index is -0.340. The summed E-state index contributed by atoms with van der Waals surface area (Å²) < 4.78 is 20.9. The van der Waals surface area contributed by atoms with E-state index < -0.39 is 0 Å². The van der Waals surface area contributed by atoms with Crippen molar-refractivity contribution in [2.75, 3.05) is 0 Å². The number of rotatable bonds is 5. The molecule has 132 valence electrons. The van der Waals surface area contributed by atoms with Crippen LogP contribution in [0.3, 0.4) is 0 Å². The second-order valence-electron chi connectivity index (χ2n) is 5.45. The van der Waals surface area contributed by atoms with Gasteiger partial charge < -0.3 is 16.2 Å². The number of H-pyrrole nitrogens is 1. The van der Waals surface area contributed by atoms with Crippen LogP contribution in [0.2, 0.25) is 0 Å². The first-order valence-electron chi connectivity index (χ1n) is 7.80. The van der Waals surface area contributed by atoms with Crippen LogP contribution < -0.4 is 20.9 Å². The number of hydrogen-bond acceptors (Lipinski definition) is 3. The third kappa shape index (κ3) is 3.86. The van der Waals surface area contributed by atoms with Crippen LogP contribution in [0, 0.1) is 12.7 Å². The van der Waals surface area contributed by atoms with E-state index in [1.807, 2.05) is 37.3 Å². The van der Waals surface area contributed by atoms with Gasteiger partial charge in [-0.1, -0.05) is 18.2 Å². The van der Waals surface area contributed by atoms with Crippen molar-refractivity contribution in [2.24, 2.45) is 21.7 Å². The summed E-state index contributed by atoms with van der Waals surface area (Å²) in [4.78, 5) is 0. The molecule has 1 aromatic heterocycles. The molecule has 0 aliphatic heterocycles. The van der Waals surface area contributed by atoms with E-state index in [4.69, 9.17) is 16.2 Å². The van der Waals surface area contributed by atoms with Gasteiger partial charge in [0, 0.05) is 12.1 Å². The molecule has 0 atom stereocenters. The molecule has 0 radical (unpaired) electrons. The molecular formula is C18H18FN6O+. The van der Waals surface area contributed by atoms with Gasteiger partial charge in [0.05, 0.1) is 11.9 Å². The Balaban J connectivity index is 2.08. The van der Waals surface area contributed by atoms with E-state index in [-0.39, 0.29) is 11.8 Å². The van der Waals surface area contributed by atoms with Gasteiger partial charge in [0.1, 0.15) is 17.1 Å². The summed E-state index contributed by atoms with van der Waals surface area (Å²) in [5.41, 5.74) is 12.9. The Labute approximate surface area is 149 Å². The number of guanidine groups is 1. The highest BCUT2D eigenvalue weighted by Crippen LogP contribution is 2.24. The van der Waals surface area contributed by atoms with Gasteiger partial charge in [-0.3, -0.25) is 0 Å². The number of para-hydroxylation sites is 1. The van der Waals surface area contributed by atoms with E-state index in [0.29, 0.717) is 17.2 Å². The average molecular weight is 353 g/mol. The van der Waals surface area contributed by atoms with Crippen molar-refractivity contribution in [3.8, 4) is 17.3 Å². The number of aromatic amines is 1. The van der Waals surface area contributed by atoms with Crippen molar-refractivity contribution in [1.29, 1.82) is 0 Å². The monoisotopic (exact) mass is 353 g/mol. The third-order valence-corrected chi connectivity index (χ3v) is 3.52.